The molecule has 4 rings (SSSR count). The first-order chi connectivity index (χ1) is 15.9. The van der Waals surface area contributed by atoms with Crippen molar-refractivity contribution in [3.8, 4) is 11.1 Å². The second-order valence-corrected chi connectivity index (χ2v) is 8.08. The molecular formula is C24H28N6O3. The molecule has 1 aliphatic rings. The summed E-state index contributed by atoms with van der Waals surface area (Å²) in [5.41, 5.74) is 4.85. The Labute approximate surface area is 192 Å². The molecule has 2 amide bonds. The van der Waals surface area contributed by atoms with Gasteiger partial charge in [0, 0.05) is 55.9 Å². The first-order valence-corrected chi connectivity index (χ1v) is 11.0. The number of nitrogens with one attached hydrogen (secondary N) is 1. The van der Waals surface area contributed by atoms with Crippen molar-refractivity contribution in [2.75, 3.05) is 26.7 Å². The first kappa shape index (κ1) is 22.6. The standard InChI is InChI=1S/C24H28N6O3/c1-16-12-19(18-4-5-20(26-14-18)24(32)25-3)13-21(28-16)22-15-29(10-11-33-22)23(31)7-9-30-17(2)6-8-27-30/h4-6,8,12-14,22H,7,9-11,15H2,1-3H3,(H,25,32)/t22-/m0/s1. The number of morpholine rings is 1. The molecule has 0 unspecified atom stereocenters. The van der Waals surface area contributed by atoms with Crippen molar-refractivity contribution in [2.45, 2.75) is 32.9 Å². The summed E-state index contributed by atoms with van der Waals surface area (Å²) in [6.07, 6.45) is 3.52. The maximum Gasteiger partial charge on any atom is 0.269 e. The van der Waals surface area contributed by atoms with Crippen molar-refractivity contribution in [2.24, 2.45) is 0 Å². The van der Waals surface area contributed by atoms with Gasteiger partial charge in [-0.05, 0) is 43.7 Å². The Morgan fingerprint density at radius 3 is 2.73 bits per heavy atom. The van der Waals surface area contributed by atoms with Crippen LogP contribution in [0.4, 0.5) is 0 Å². The van der Waals surface area contributed by atoms with E-state index in [1.54, 1.807) is 25.5 Å². The average Bonchev–Trinajstić information content (AvgIpc) is 3.26. The normalized spacial score (nSPS) is 16.0. The zero-order valence-corrected chi connectivity index (χ0v) is 19.1. The van der Waals surface area contributed by atoms with Gasteiger partial charge in [-0.2, -0.15) is 5.10 Å². The summed E-state index contributed by atoms with van der Waals surface area (Å²) in [5.74, 6) is -0.142. The summed E-state index contributed by atoms with van der Waals surface area (Å²) in [7, 11) is 1.58. The van der Waals surface area contributed by atoms with Gasteiger partial charge >= 0.3 is 0 Å². The SMILES string of the molecule is CNC(=O)c1ccc(-c2cc(C)nc([C@@H]3CN(C(=O)CCn4nccc4C)CCO3)c2)cn1. The molecule has 0 bridgehead atoms. The number of amides is 2. The van der Waals surface area contributed by atoms with E-state index in [0.717, 1.165) is 28.2 Å². The molecule has 1 N–H and O–H groups in total. The highest BCUT2D eigenvalue weighted by Gasteiger charge is 2.27. The number of nitrogens with zero attached hydrogens (tertiary/aromatic N) is 5. The van der Waals surface area contributed by atoms with Gasteiger partial charge < -0.3 is 15.0 Å². The molecule has 1 atom stereocenters. The van der Waals surface area contributed by atoms with Crippen LogP contribution in [0.25, 0.3) is 11.1 Å². The molecule has 1 aliphatic heterocycles. The summed E-state index contributed by atoms with van der Waals surface area (Å²) in [6, 6.07) is 9.43. The average molecular weight is 449 g/mol. The second kappa shape index (κ2) is 9.91. The topological polar surface area (TPSA) is 102 Å². The van der Waals surface area contributed by atoms with Gasteiger partial charge in [0.05, 0.1) is 18.8 Å². The van der Waals surface area contributed by atoms with Crippen molar-refractivity contribution < 1.29 is 14.3 Å². The molecule has 4 heterocycles. The number of rotatable bonds is 6. The highest BCUT2D eigenvalue weighted by molar-refractivity contribution is 5.92. The van der Waals surface area contributed by atoms with Crippen LogP contribution in [0.15, 0.2) is 42.7 Å². The minimum absolute atomic E-state index is 0.0834. The molecule has 9 nitrogen and oxygen atoms in total. The largest absolute Gasteiger partial charge is 0.368 e. The smallest absolute Gasteiger partial charge is 0.269 e. The van der Waals surface area contributed by atoms with Crippen molar-refractivity contribution in [1.29, 1.82) is 0 Å². The minimum atomic E-state index is -0.300. The lowest BCUT2D eigenvalue weighted by Gasteiger charge is -2.33. The van der Waals surface area contributed by atoms with Crippen molar-refractivity contribution in [1.82, 2.24) is 30.0 Å². The third-order valence-corrected chi connectivity index (χ3v) is 5.75. The van der Waals surface area contributed by atoms with Gasteiger partial charge in [0.1, 0.15) is 11.8 Å². The van der Waals surface area contributed by atoms with Crippen LogP contribution in [-0.2, 0) is 16.1 Å². The number of aryl methyl sites for hydroxylation is 3. The van der Waals surface area contributed by atoms with Crippen LogP contribution in [0.2, 0.25) is 0 Å². The number of carbonyl (C=O) groups is 2. The molecule has 1 fully saturated rings. The molecular weight excluding hydrogens is 420 g/mol. The summed E-state index contributed by atoms with van der Waals surface area (Å²) in [5, 5.41) is 6.82. The lowest BCUT2D eigenvalue weighted by atomic mass is 10.0. The predicted octanol–water partition coefficient (Wildman–Crippen LogP) is 2.31. The Morgan fingerprint density at radius 2 is 2.03 bits per heavy atom. The monoisotopic (exact) mass is 448 g/mol. The Bertz CT molecular complexity index is 1140. The van der Waals surface area contributed by atoms with Gasteiger partial charge in [-0.25, -0.2) is 0 Å². The van der Waals surface area contributed by atoms with E-state index < -0.39 is 0 Å². The minimum Gasteiger partial charge on any atom is -0.368 e. The number of pyridine rings is 2. The zero-order valence-electron chi connectivity index (χ0n) is 19.1. The van der Waals surface area contributed by atoms with E-state index in [1.807, 2.05) is 47.7 Å². The van der Waals surface area contributed by atoms with Crippen LogP contribution in [0.1, 0.15) is 40.1 Å². The van der Waals surface area contributed by atoms with Crippen LogP contribution >= 0.6 is 0 Å². The Kier molecular flexibility index (Phi) is 6.79. The third kappa shape index (κ3) is 5.25. The van der Waals surface area contributed by atoms with Gasteiger partial charge in [0.2, 0.25) is 5.91 Å². The Morgan fingerprint density at radius 1 is 1.18 bits per heavy atom. The molecule has 0 radical (unpaired) electrons. The molecule has 0 aromatic carbocycles. The molecule has 3 aromatic heterocycles. The molecule has 172 valence electrons. The van der Waals surface area contributed by atoms with E-state index >= 15 is 0 Å². The number of carbonyl (C=O) groups excluding carboxylic acids is 2. The van der Waals surface area contributed by atoms with Crippen LogP contribution in [0.5, 0.6) is 0 Å². The number of hydrogen-bond donors (Lipinski definition) is 1. The quantitative estimate of drug-likeness (QED) is 0.621. The molecule has 3 aromatic rings. The van der Waals surface area contributed by atoms with Gasteiger partial charge in [0.15, 0.2) is 0 Å². The highest BCUT2D eigenvalue weighted by atomic mass is 16.5. The fraction of sp³-hybridized carbons (Fsp3) is 0.375. The summed E-state index contributed by atoms with van der Waals surface area (Å²) in [4.78, 5) is 35.3. The van der Waals surface area contributed by atoms with Crippen molar-refractivity contribution in [3.05, 3.63) is 65.5 Å². The third-order valence-electron chi connectivity index (χ3n) is 5.75. The highest BCUT2D eigenvalue weighted by Crippen LogP contribution is 2.27. The second-order valence-electron chi connectivity index (χ2n) is 8.08. The molecule has 9 heteroatoms. The lowest BCUT2D eigenvalue weighted by Crippen LogP contribution is -2.42. The van der Waals surface area contributed by atoms with E-state index in [9.17, 15) is 9.59 Å². The fourth-order valence-corrected chi connectivity index (χ4v) is 3.90. The van der Waals surface area contributed by atoms with E-state index in [0.29, 0.717) is 38.4 Å². The number of ether oxygens (including phenoxy) is 1. The van der Waals surface area contributed by atoms with E-state index in [-0.39, 0.29) is 17.9 Å². The summed E-state index contributed by atoms with van der Waals surface area (Å²) in [6.45, 7) is 5.95. The van der Waals surface area contributed by atoms with Crippen molar-refractivity contribution in [3.63, 3.8) is 0 Å². The predicted molar refractivity (Wildman–Crippen MR) is 122 cm³/mol. The Balaban J connectivity index is 1.47. The fourth-order valence-electron chi connectivity index (χ4n) is 3.90. The van der Waals surface area contributed by atoms with Crippen LogP contribution < -0.4 is 5.32 Å². The van der Waals surface area contributed by atoms with Crippen LogP contribution in [-0.4, -0.2) is 63.2 Å². The summed E-state index contributed by atoms with van der Waals surface area (Å²) >= 11 is 0. The molecule has 0 spiro atoms. The number of hydrogen-bond acceptors (Lipinski definition) is 6. The van der Waals surface area contributed by atoms with Crippen LogP contribution in [0, 0.1) is 13.8 Å². The first-order valence-electron chi connectivity index (χ1n) is 11.0. The van der Waals surface area contributed by atoms with Gasteiger partial charge in [-0.15, -0.1) is 0 Å². The molecule has 1 saturated heterocycles. The molecule has 0 aliphatic carbocycles. The lowest BCUT2D eigenvalue weighted by molar-refractivity contribution is -0.139. The van der Waals surface area contributed by atoms with Gasteiger partial charge in [-0.1, -0.05) is 6.07 Å². The maximum atomic E-state index is 12.8. The Hall–Kier alpha value is -3.59. The molecule has 0 saturated carbocycles. The van der Waals surface area contributed by atoms with Gasteiger partial charge in [0.25, 0.3) is 5.91 Å². The maximum absolute atomic E-state index is 12.8. The van der Waals surface area contributed by atoms with Crippen LogP contribution in [0.3, 0.4) is 0 Å². The number of aromatic nitrogens is 4. The van der Waals surface area contributed by atoms with E-state index in [4.69, 9.17) is 4.74 Å². The zero-order chi connectivity index (χ0) is 23.4. The van der Waals surface area contributed by atoms with Crippen molar-refractivity contribution >= 4 is 11.8 Å². The molecule has 33 heavy (non-hydrogen) atoms. The van der Waals surface area contributed by atoms with E-state index in [1.165, 1.54) is 0 Å². The van der Waals surface area contributed by atoms with Gasteiger partial charge in [-0.3, -0.25) is 24.2 Å². The van der Waals surface area contributed by atoms with E-state index in [2.05, 4.69) is 20.4 Å². The summed E-state index contributed by atoms with van der Waals surface area (Å²) < 4.78 is 7.82.